The van der Waals surface area contributed by atoms with Crippen molar-refractivity contribution in [2.75, 3.05) is 36.8 Å². The Morgan fingerprint density at radius 1 is 0.836 bits per heavy atom. The first-order valence-electron chi connectivity index (χ1n) is 20.1. The Balaban J connectivity index is 0.850. The molecule has 2 atom stereocenters. The summed E-state index contributed by atoms with van der Waals surface area (Å²) in [5.74, 6) is -0.439. The molecule has 3 heterocycles. The second kappa shape index (κ2) is 16.8. The summed E-state index contributed by atoms with van der Waals surface area (Å²) in [6.07, 6.45) is -3.03. The fourth-order valence-electron chi connectivity index (χ4n) is 8.62. The molecule has 2 aromatic heterocycles. The smallest absolute Gasteiger partial charge is 0.508 e. The van der Waals surface area contributed by atoms with Crippen LogP contribution in [0.25, 0.3) is 16.4 Å². The zero-order valence-electron chi connectivity index (χ0n) is 32.9. The zero-order chi connectivity index (χ0) is 42.1. The van der Waals surface area contributed by atoms with Crippen LogP contribution in [0.4, 0.5) is 18.9 Å². The molecule has 14 heteroatoms. The molecule has 61 heavy (non-hydrogen) atoms. The fourth-order valence-corrected chi connectivity index (χ4v) is 9.48. The van der Waals surface area contributed by atoms with Crippen LogP contribution in [0.15, 0.2) is 133 Å². The summed E-state index contributed by atoms with van der Waals surface area (Å²) in [6, 6.07) is 39.7. The first-order chi connectivity index (χ1) is 29.6. The lowest BCUT2D eigenvalue weighted by Gasteiger charge is -2.37. The van der Waals surface area contributed by atoms with Gasteiger partial charge < -0.3 is 25.0 Å². The number of aryl methyl sites for hydroxylation is 1. The van der Waals surface area contributed by atoms with Crippen molar-refractivity contribution >= 4 is 45.7 Å². The Bertz CT molecular complexity index is 2720. The average Bonchev–Trinajstić information content (AvgIpc) is 3.72. The minimum atomic E-state index is -4.95. The van der Waals surface area contributed by atoms with E-state index in [1.165, 1.54) is 52.2 Å². The van der Waals surface area contributed by atoms with E-state index in [-0.39, 0.29) is 29.7 Å². The number of hydrogen-bond acceptors (Lipinski definition) is 8. The summed E-state index contributed by atoms with van der Waals surface area (Å²) in [5.41, 5.74) is 7.74. The van der Waals surface area contributed by atoms with E-state index >= 15 is 0 Å². The molecule has 1 saturated heterocycles. The number of alkyl halides is 3. The van der Waals surface area contributed by atoms with Crippen LogP contribution < -0.4 is 15.0 Å². The molecular weight excluding hydrogens is 802 g/mol. The van der Waals surface area contributed by atoms with Crippen molar-refractivity contribution in [2.24, 2.45) is 0 Å². The molecule has 1 aliphatic heterocycles. The van der Waals surface area contributed by atoms with Crippen LogP contribution in [0.5, 0.6) is 11.5 Å². The van der Waals surface area contributed by atoms with E-state index in [9.17, 15) is 27.9 Å². The summed E-state index contributed by atoms with van der Waals surface area (Å²) in [5, 5.41) is 18.9. The molecule has 0 radical (unpaired) electrons. The molecule has 7 aromatic rings. The second-order valence-corrected chi connectivity index (χ2v) is 16.2. The number of phenols is 1. The molecule has 2 aliphatic rings. The van der Waals surface area contributed by atoms with Gasteiger partial charge in [0.15, 0.2) is 5.16 Å². The molecule has 1 aliphatic carbocycles. The van der Waals surface area contributed by atoms with Gasteiger partial charge in [0, 0.05) is 43.2 Å². The normalized spacial score (nSPS) is 16.7. The van der Waals surface area contributed by atoms with Gasteiger partial charge in [-0.1, -0.05) is 90.6 Å². The van der Waals surface area contributed by atoms with Gasteiger partial charge in [0.25, 0.3) is 5.91 Å². The minimum absolute atomic E-state index is 0.0172. The Kier molecular flexibility index (Phi) is 11.0. The lowest BCUT2D eigenvalue weighted by Crippen LogP contribution is -2.49. The number of amides is 2. The van der Waals surface area contributed by atoms with Crippen LogP contribution in [0, 0.1) is 0 Å². The number of piperazine rings is 1. The number of ether oxygens (including phenoxy) is 1. The van der Waals surface area contributed by atoms with Crippen molar-refractivity contribution < 1.29 is 32.6 Å². The maximum Gasteiger partial charge on any atom is 0.573 e. The largest absolute Gasteiger partial charge is 0.573 e. The van der Waals surface area contributed by atoms with E-state index in [2.05, 4.69) is 80.7 Å². The van der Waals surface area contributed by atoms with E-state index in [1.807, 2.05) is 35.2 Å². The van der Waals surface area contributed by atoms with Crippen molar-refractivity contribution in [3.05, 3.63) is 161 Å². The number of carbonyl (C=O) groups is 2. The molecule has 0 bridgehead atoms. The predicted octanol–water partition coefficient (Wildman–Crippen LogP) is 8.72. The van der Waals surface area contributed by atoms with Crippen molar-refractivity contribution in [1.82, 2.24) is 24.8 Å². The molecule has 1 fully saturated rings. The Labute approximate surface area is 354 Å². The third kappa shape index (κ3) is 8.58. The van der Waals surface area contributed by atoms with Gasteiger partial charge in [-0.2, -0.15) is 5.10 Å². The standard InChI is InChI=1S/C47H41F3N6O4S/c48-47(49,50)60-42-13-7-5-11-39(42)45(59)51-28-33-27-41-38-10-4-6-12-40(38)52-46(56(41)53-33)61-29-43(58)55-24-22-54(23-25-55)34-17-14-31(15-18-34)44-36(30-8-2-1-3-9-30)20-16-32-26-35(57)19-21-37(32)44/h1-15,17-19,21,26-27,36,44,57H,16,20,22-25,28-29H2,(H,51,59)/t36-,44+/m1/s1. The highest BCUT2D eigenvalue weighted by Gasteiger charge is 2.34. The van der Waals surface area contributed by atoms with Gasteiger partial charge in [-0.3, -0.25) is 9.59 Å². The molecule has 0 spiro atoms. The topological polar surface area (TPSA) is 112 Å². The molecule has 310 valence electrons. The zero-order valence-corrected chi connectivity index (χ0v) is 33.7. The summed E-state index contributed by atoms with van der Waals surface area (Å²) >= 11 is 1.28. The lowest BCUT2D eigenvalue weighted by atomic mass is 9.69. The van der Waals surface area contributed by atoms with Crippen LogP contribution in [-0.2, 0) is 17.8 Å². The summed E-state index contributed by atoms with van der Waals surface area (Å²) in [6.45, 7) is 2.44. The van der Waals surface area contributed by atoms with Gasteiger partial charge in [-0.25, -0.2) is 9.50 Å². The molecule has 10 nitrogen and oxygen atoms in total. The van der Waals surface area contributed by atoms with Crippen molar-refractivity contribution in [1.29, 1.82) is 0 Å². The van der Waals surface area contributed by atoms with Crippen molar-refractivity contribution in [2.45, 2.75) is 42.7 Å². The summed E-state index contributed by atoms with van der Waals surface area (Å²) in [7, 11) is 0. The molecule has 2 N–H and O–H groups in total. The van der Waals surface area contributed by atoms with Gasteiger partial charge in [0.05, 0.1) is 34.6 Å². The first-order valence-corrected chi connectivity index (χ1v) is 21.1. The highest BCUT2D eigenvalue weighted by atomic mass is 32.2. The van der Waals surface area contributed by atoms with Crippen LogP contribution in [0.3, 0.4) is 0 Å². The number of anilines is 1. The van der Waals surface area contributed by atoms with Crippen LogP contribution in [-0.4, -0.2) is 74.7 Å². The third-order valence-corrected chi connectivity index (χ3v) is 12.4. The SMILES string of the molecule is O=C(NCc1cc2c3ccccc3nc(SCC(=O)N3CCN(c4ccc([C@@H]5c6ccc(O)cc6CC[C@@H]5c5ccccc5)cc4)CC3)n2n1)c1ccccc1OC(F)(F)F. The monoisotopic (exact) mass is 842 g/mol. The highest BCUT2D eigenvalue weighted by Crippen LogP contribution is 2.47. The number of rotatable bonds is 10. The highest BCUT2D eigenvalue weighted by molar-refractivity contribution is 7.99. The fraction of sp³-hybridized carbons (Fsp3) is 0.234. The van der Waals surface area contributed by atoms with Gasteiger partial charge in [-0.05, 0) is 89.5 Å². The summed E-state index contributed by atoms with van der Waals surface area (Å²) in [4.78, 5) is 35.6. The predicted molar refractivity (Wildman–Crippen MR) is 228 cm³/mol. The third-order valence-electron chi connectivity index (χ3n) is 11.5. The Morgan fingerprint density at radius 3 is 2.36 bits per heavy atom. The number of halogens is 3. The van der Waals surface area contributed by atoms with Gasteiger partial charge in [0.1, 0.15) is 11.5 Å². The maximum atomic E-state index is 13.6. The number of hydrogen-bond donors (Lipinski definition) is 2. The molecule has 5 aromatic carbocycles. The Morgan fingerprint density at radius 2 is 1.57 bits per heavy atom. The second-order valence-electron chi connectivity index (χ2n) is 15.2. The van der Waals surface area contributed by atoms with Crippen molar-refractivity contribution in [3.8, 4) is 11.5 Å². The number of benzene rings is 5. The van der Waals surface area contributed by atoms with Gasteiger partial charge >= 0.3 is 6.36 Å². The molecular formula is C47H41F3N6O4S. The van der Waals surface area contributed by atoms with Crippen molar-refractivity contribution in [3.63, 3.8) is 0 Å². The number of aromatic hydroxyl groups is 1. The quantitative estimate of drug-likeness (QED) is 0.104. The number of nitrogens with one attached hydrogen (secondary N) is 1. The van der Waals surface area contributed by atoms with E-state index in [0.717, 1.165) is 30.0 Å². The average molecular weight is 843 g/mol. The van der Waals surface area contributed by atoms with E-state index in [4.69, 9.17) is 4.98 Å². The van der Waals surface area contributed by atoms with E-state index in [1.54, 1.807) is 16.6 Å². The molecule has 2 amide bonds. The van der Waals surface area contributed by atoms with Crippen LogP contribution in [0.1, 0.15) is 56.6 Å². The van der Waals surface area contributed by atoms with Crippen LogP contribution in [0.2, 0.25) is 0 Å². The number of thioether (sulfide) groups is 1. The summed E-state index contributed by atoms with van der Waals surface area (Å²) < 4.78 is 44.6. The van der Waals surface area contributed by atoms with Crippen LogP contribution >= 0.6 is 11.8 Å². The van der Waals surface area contributed by atoms with Gasteiger partial charge in [0.2, 0.25) is 5.91 Å². The molecule has 0 saturated carbocycles. The number of carbonyl (C=O) groups excluding carboxylic acids is 2. The first kappa shape index (κ1) is 39.9. The Hall–Kier alpha value is -6.54. The van der Waals surface area contributed by atoms with E-state index < -0.39 is 18.0 Å². The van der Waals surface area contributed by atoms with E-state index in [0.29, 0.717) is 59.7 Å². The number of phenolic OH excluding ortho intramolecular Hbond substituents is 1. The number of nitrogens with zero attached hydrogens (tertiary/aromatic N) is 5. The molecule has 9 rings (SSSR count). The minimum Gasteiger partial charge on any atom is -0.508 e. The van der Waals surface area contributed by atoms with Gasteiger partial charge in [-0.15, -0.1) is 13.2 Å². The molecule has 0 unspecified atom stereocenters. The lowest BCUT2D eigenvalue weighted by molar-refractivity contribution is -0.274. The number of aromatic nitrogens is 3. The number of para-hydroxylation sites is 2. The maximum absolute atomic E-state index is 13.6. The number of fused-ring (bicyclic) bond motifs is 4.